The summed E-state index contributed by atoms with van der Waals surface area (Å²) in [6, 6.07) is 19.8. The summed E-state index contributed by atoms with van der Waals surface area (Å²) in [5.74, 6) is 0.674. The minimum Gasteiger partial charge on any atom is -0.492 e. The SMILES string of the molecule is N#Cc1ccccc1OCCCc1ccccc1. The Labute approximate surface area is 107 Å². The molecule has 0 bridgehead atoms. The second-order valence-corrected chi connectivity index (χ2v) is 4.05. The molecule has 0 aromatic heterocycles. The Hall–Kier alpha value is -2.27. The third kappa shape index (κ3) is 3.36. The average Bonchev–Trinajstić information content (AvgIpc) is 2.45. The van der Waals surface area contributed by atoms with Crippen LogP contribution in [0.3, 0.4) is 0 Å². The van der Waals surface area contributed by atoms with Gasteiger partial charge in [0.25, 0.3) is 0 Å². The Bertz CT molecular complexity index is 528. The van der Waals surface area contributed by atoms with Crippen LogP contribution in [0, 0.1) is 11.3 Å². The van der Waals surface area contributed by atoms with E-state index in [0.29, 0.717) is 17.9 Å². The van der Waals surface area contributed by atoms with Gasteiger partial charge in [-0.2, -0.15) is 5.26 Å². The molecule has 0 amide bonds. The van der Waals surface area contributed by atoms with Gasteiger partial charge in [0.1, 0.15) is 11.8 Å². The van der Waals surface area contributed by atoms with Crippen LogP contribution in [0.25, 0.3) is 0 Å². The Kier molecular flexibility index (Phi) is 4.38. The van der Waals surface area contributed by atoms with Crippen LogP contribution >= 0.6 is 0 Å². The van der Waals surface area contributed by atoms with Crippen LogP contribution in [0.1, 0.15) is 17.5 Å². The van der Waals surface area contributed by atoms with Crippen molar-refractivity contribution < 1.29 is 4.74 Å². The van der Waals surface area contributed by atoms with Gasteiger partial charge in [-0.05, 0) is 30.5 Å². The number of para-hydroxylation sites is 1. The molecule has 0 aliphatic heterocycles. The van der Waals surface area contributed by atoms with Crippen LogP contribution < -0.4 is 4.74 Å². The van der Waals surface area contributed by atoms with E-state index in [0.717, 1.165) is 12.8 Å². The normalized spacial score (nSPS) is 9.72. The lowest BCUT2D eigenvalue weighted by molar-refractivity contribution is 0.310. The zero-order valence-corrected chi connectivity index (χ0v) is 10.2. The zero-order chi connectivity index (χ0) is 12.6. The van der Waals surface area contributed by atoms with Crippen LogP contribution in [0.5, 0.6) is 5.75 Å². The van der Waals surface area contributed by atoms with E-state index >= 15 is 0 Å². The van der Waals surface area contributed by atoms with Crippen molar-refractivity contribution in [3.05, 3.63) is 65.7 Å². The molecule has 0 saturated heterocycles. The summed E-state index contributed by atoms with van der Waals surface area (Å²) in [6.45, 7) is 0.633. The molecular formula is C16H15NO. The van der Waals surface area contributed by atoms with E-state index in [1.54, 1.807) is 6.07 Å². The van der Waals surface area contributed by atoms with Crippen molar-refractivity contribution in [1.82, 2.24) is 0 Å². The smallest absolute Gasteiger partial charge is 0.137 e. The minimum absolute atomic E-state index is 0.595. The molecule has 2 aromatic carbocycles. The highest BCUT2D eigenvalue weighted by atomic mass is 16.5. The maximum Gasteiger partial charge on any atom is 0.137 e. The quantitative estimate of drug-likeness (QED) is 0.745. The first-order valence-corrected chi connectivity index (χ1v) is 6.06. The fourth-order valence-electron chi connectivity index (χ4n) is 1.79. The van der Waals surface area contributed by atoms with Crippen LogP contribution in [0.2, 0.25) is 0 Å². The van der Waals surface area contributed by atoms with Gasteiger partial charge in [0.15, 0.2) is 0 Å². The number of nitrogens with zero attached hydrogens (tertiary/aromatic N) is 1. The number of ether oxygens (including phenoxy) is 1. The van der Waals surface area contributed by atoms with Crippen molar-refractivity contribution in [3.8, 4) is 11.8 Å². The fourth-order valence-corrected chi connectivity index (χ4v) is 1.79. The van der Waals surface area contributed by atoms with E-state index in [9.17, 15) is 0 Å². The maximum absolute atomic E-state index is 8.92. The van der Waals surface area contributed by atoms with Crippen LogP contribution in [-0.4, -0.2) is 6.61 Å². The molecule has 0 saturated carbocycles. The molecule has 0 fully saturated rings. The summed E-state index contributed by atoms with van der Waals surface area (Å²) in [6.07, 6.45) is 1.94. The number of benzene rings is 2. The Morgan fingerprint density at radius 3 is 2.44 bits per heavy atom. The first-order chi connectivity index (χ1) is 8.90. The molecule has 0 unspecified atom stereocenters. The largest absolute Gasteiger partial charge is 0.492 e. The molecular weight excluding hydrogens is 222 g/mol. The first-order valence-electron chi connectivity index (χ1n) is 6.06. The number of aryl methyl sites for hydroxylation is 1. The van der Waals surface area contributed by atoms with Crippen molar-refractivity contribution in [2.75, 3.05) is 6.61 Å². The summed E-state index contributed by atoms with van der Waals surface area (Å²) >= 11 is 0. The van der Waals surface area contributed by atoms with Crippen LogP contribution in [0.15, 0.2) is 54.6 Å². The Morgan fingerprint density at radius 2 is 1.67 bits per heavy atom. The van der Waals surface area contributed by atoms with Crippen molar-refractivity contribution >= 4 is 0 Å². The van der Waals surface area contributed by atoms with Crippen molar-refractivity contribution in [1.29, 1.82) is 5.26 Å². The van der Waals surface area contributed by atoms with Crippen LogP contribution in [-0.2, 0) is 6.42 Å². The molecule has 0 spiro atoms. The minimum atomic E-state index is 0.595. The molecule has 90 valence electrons. The lowest BCUT2D eigenvalue weighted by atomic mass is 10.1. The molecule has 0 heterocycles. The van der Waals surface area contributed by atoms with Gasteiger partial charge in [0.05, 0.1) is 12.2 Å². The molecule has 0 radical (unpaired) electrons. The first kappa shape index (κ1) is 12.2. The van der Waals surface area contributed by atoms with Crippen molar-refractivity contribution in [3.63, 3.8) is 0 Å². The number of hydrogen-bond donors (Lipinski definition) is 0. The molecule has 0 atom stereocenters. The second-order valence-electron chi connectivity index (χ2n) is 4.05. The van der Waals surface area contributed by atoms with Gasteiger partial charge in [-0.3, -0.25) is 0 Å². The Morgan fingerprint density at radius 1 is 0.944 bits per heavy atom. The molecule has 0 aliphatic carbocycles. The highest BCUT2D eigenvalue weighted by Gasteiger charge is 2.01. The molecule has 0 aliphatic rings. The van der Waals surface area contributed by atoms with E-state index in [1.807, 2.05) is 36.4 Å². The van der Waals surface area contributed by atoms with E-state index in [2.05, 4.69) is 18.2 Å². The van der Waals surface area contributed by atoms with Crippen molar-refractivity contribution in [2.24, 2.45) is 0 Å². The molecule has 2 heteroatoms. The molecule has 2 aromatic rings. The summed E-state index contributed by atoms with van der Waals surface area (Å²) in [4.78, 5) is 0. The standard InChI is InChI=1S/C16H15NO/c17-13-15-10-4-5-11-16(15)18-12-6-9-14-7-2-1-3-8-14/h1-5,7-8,10-11H,6,9,12H2. The van der Waals surface area contributed by atoms with Gasteiger partial charge in [-0.25, -0.2) is 0 Å². The third-order valence-electron chi connectivity index (χ3n) is 2.72. The topological polar surface area (TPSA) is 33.0 Å². The highest BCUT2D eigenvalue weighted by Crippen LogP contribution is 2.16. The lowest BCUT2D eigenvalue weighted by Gasteiger charge is -2.07. The zero-order valence-electron chi connectivity index (χ0n) is 10.2. The summed E-state index contributed by atoms with van der Waals surface area (Å²) < 4.78 is 5.63. The van der Waals surface area contributed by atoms with Crippen LogP contribution in [0.4, 0.5) is 0 Å². The predicted octanol–water partition coefficient (Wildman–Crippen LogP) is 3.57. The van der Waals surface area contributed by atoms with Gasteiger partial charge >= 0.3 is 0 Å². The summed E-state index contributed by atoms with van der Waals surface area (Å²) in [5.41, 5.74) is 1.91. The molecule has 18 heavy (non-hydrogen) atoms. The van der Waals surface area contributed by atoms with E-state index in [-0.39, 0.29) is 0 Å². The van der Waals surface area contributed by atoms with E-state index in [4.69, 9.17) is 10.00 Å². The summed E-state index contributed by atoms with van der Waals surface area (Å²) in [5, 5.41) is 8.92. The van der Waals surface area contributed by atoms with E-state index < -0.39 is 0 Å². The fraction of sp³-hybridized carbons (Fsp3) is 0.188. The average molecular weight is 237 g/mol. The summed E-state index contributed by atoms with van der Waals surface area (Å²) in [7, 11) is 0. The van der Waals surface area contributed by atoms with Gasteiger partial charge in [0, 0.05) is 0 Å². The monoisotopic (exact) mass is 237 g/mol. The number of rotatable bonds is 5. The van der Waals surface area contributed by atoms with E-state index in [1.165, 1.54) is 5.56 Å². The van der Waals surface area contributed by atoms with Gasteiger partial charge < -0.3 is 4.74 Å². The molecule has 0 N–H and O–H groups in total. The Balaban J connectivity index is 1.81. The number of nitriles is 1. The lowest BCUT2D eigenvalue weighted by Crippen LogP contribution is -2.00. The third-order valence-corrected chi connectivity index (χ3v) is 2.72. The molecule has 2 nitrogen and oxygen atoms in total. The molecule has 2 rings (SSSR count). The highest BCUT2D eigenvalue weighted by molar-refractivity contribution is 5.42. The predicted molar refractivity (Wildman–Crippen MR) is 71.4 cm³/mol. The number of hydrogen-bond acceptors (Lipinski definition) is 2. The van der Waals surface area contributed by atoms with Gasteiger partial charge in [-0.1, -0.05) is 42.5 Å². The van der Waals surface area contributed by atoms with Gasteiger partial charge in [-0.15, -0.1) is 0 Å². The van der Waals surface area contributed by atoms with Gasteiger partial charge in [0.2, 0.25) is 0 Å². The maximum atomic E-state index is 8.92. The van der Waals surface area contributed by atoms with Crippen molar-refractivity contribution in [2.45, 2.75) is 12.8 Å². The second kappa shape index (κ2) is 6.46.